The summed E-state index contributed by atoms with van der Waals surface area (Å²) in [7, 11) is -5.19. The summed E-state index contributed by atoms with van der Waals surface area (Å²) in [6.07, 6.45) is -3.26. The summed E-state index contributed by atoms with van der Waals surface area (Å²) < 4.78 is 82.6. The minimum Gasteiger partial charge on any atom is -0.496 e. The number of hydrogen-bond donors (Lipinski definition) is 1. The molecule has 0 spiro atoms. The van der Waals surface area contributed by atoms with Crippen LogP contribution < -0.4 is 4.74 Å². The number of aliphatic hydroxyl groups is 1. The zero-order chi connectivity index (χ0) is 32.0. The number of hydrogen-bond acceptors (Lipinski definition) is 5. The van der Waals surface area contributed by atoms with E-state index in [9.17, 15) is 26.7 Å². The fraction of sp³-hybridized carbons (Fsp3) is 0.355. The van der Waals surface area contributed by atoms with Crippen LogP contribution in [0.25, 0.3) is 5.69 Å². The van der Waals surface area contributed by atoms with E-state index in [0.29, 0.717) is 11.4 Å². The maximum atomic E-state index is 13.9. The number of ether oxygens (including phenoxy) is 1. The lowest BCUT2D eigenvalue weighted by molar-refractivity contribution is -0.137. The maximum Gasteiger partial charge on any atom is 0.416 e. The predicted molar refractivity (Wildman–Crippen MR) is 162 cm³/mol. The topological polar surface area (TPSA) is 82.7 Å². The molecule has 1 unspecified atom stereocenters. The van der Waals surface area contributed by atoms with Crippen LogP contribution in [0.1, 0.15) is 55.0 Å². The molecule has 12 heteroatoms. The first kappa shape index (κ1) is 32.6. The van der Waals surface area contributed by atoms with E-state index in [0.717, 1.165) is 27.7 Å². The van der Waals surface area contributed by atoms with E-state index in [2.05, 4.69) is 33.9 Å². The Morgan fingerprint density at radius 1 is 0.977 bits per heavy atom. The highest BCUT2D eigenvalue weighted by atomic mass is 32.2. The summed E-state index contributed by atoms with van der Waals surface area (Å²) in [5.74, 6) is -0.234. The number of aliphatic hydroxyl groups excluding tert-OH is 1. The van der Waals surface area contributed by atoms with Crippen LogP contribution in [0.2, 0.25) is 18.1 Å². The predicted octanol–water partition coefficient (Wildman–Crippen LogP) is 7.46. The average Bonchev–Trinajstić information content (AvgIpc) is 3.57. The van der Waals surface area contributed by atoms with Crippen LogP contribution in [-0.2, 0) is 27.2 Å². The van der Waals surface area contributed by atoms with E-state index < -0.39 is 36.2 Å². The Kier molecular flexibility index (Phi) is 8.82. The molecule has 0 aliphatic heterocycles. The summed E-state index contributed by atoms with van der Waals surface area (Å²) in [6.45, 7) is 12.7. The SMILES string of the molecule is COc1cc(C(F)(F)F)ccc1C(O)c1c(-n2cccc2CO[Si](C)(C)C(C)(C)C)ccn1S(=O)(=O)c1ccc(C)cc1. The van der Waals surface area contributed by atoms with Crippen molar-refractivity contribution in [3.8, 4) is 11.4 Å². The Morgan fingerprint density at radius 2 is 1.63 bits per heavy atom. The van der Waals surface area contributed by atoms with Crippen LogP contribution in [0.3, 0.4) is 0 Å². The molecule has 0 amide bonds. The molecule has 4 aromatic rings. The first-order chi connectivity index (χ1) is 19.9. The van der Waals surface area contributed by atoms with Gasteiger partial charge in [-0.25, -0.2) is 12.4 Å². The zero-order valence-electron chi connectivity index (χ0n) is 25.2. The van der Waals surface area contributed by atoms with E-state index in [1.807, 2.05) is 13.0 Å². The second-order valence-electron chi connectivity index (χ2n) is 12.0. The summed E-state index contributed by atoms with van der Waals surface area (Å²) in [4.78, 5) is -0.0120. The fourth-order valence-corrected chi connectivity index (χ4v) is 6.74. The zero-order valence-corrected chi connectivity index (χ0v) is 27.0. The Bertz CT molecular complexity index is 1700. The molecule has 0 bridgehead atoms. The van der Waals surface area contributed by atoms with Crippen LogP contribution in [0.4, 0.5) is 13.2 Å². The maximum absolute atomic E-state index is 13.9. The van der Waals surface area contributed by atoms with Crippen molar-refractivity contribution in [3.63, 3.8) is 0 Å². The molecule has 2 aromatic carbocycles. The lowest BCUT2D eigenvalue weighted by Crippen LogP contribution is -2.40. The van der Waals surface area contributed by atoms with Gasteiger partial charge in [-0.15, -0.1) is 0 Å². The molecular formula is C31H37F3N2O5SSi. The number of benzene rings is 2. The van der Waals surface area contributed by atoms with Gasteiger partial charge in [-0.1, -0.05) is 44.5 Å². The molecule has 1 N–H and O–H groups in total. The van der Waals surface area contributed by atoms with E-state index in [4.69, 9.17) is 9.16 Å². The number of methoxy groups -OCH3 is 1. The monoisotopic (exact) mass is 634 g/mol. The minimum absolute atomic E-state index is 0.0120. The van der Waals surface area contributed by atoms with Crippen molar-refractivity contribution in [1.29, 1.82) is 0 Å². The van der Waals surface area contributed by atoms with E-state index in [1.54, 1.807) is 35.0 Å². The Morgan fingerprint density at radius 3 is 2.21 bits per heavy atom. The average molecular weight is 635 g/mol. The van der Waals surface area contributed by atoms with Gasteiger partial charge in [0.2, 0.25) is 0 Å². The highest BCUT2D eigenvalue weighted by molar-refractivity contribution is 7.90. The number of halogens is 3. The van der Waals surface area contributed by atoms with Crippen LogP contribution >= 0.6 is 0 Å². The van der Waals surface area contributed by atoms with Crippen molar-refractivity contribution >= 4 is 18.3 Å². The highest BCUT2D eigenvalue weighted by Gasteiger charge is 2.38. The summed E-state index contributed by atoms with van der Waals surface area (Å²) in [6, 6.07) is 14.1. The Balaban J connectivity index is 1.90. The molecule has 0 fully saturated rings. The molecule has 7 nitrogen and oxygen atoms in total. The van der Waals surface area contributed by atoms with Crippen molar-refractivity contribution in [1.82, 2.24) is 8.54 Å². The summed E-state index contributed by atoms with van der Waals surface area (Å²) >= 11 is 0. The molecule has 0 saturated heterocycles. The van der Waals surface area contributed by atoms with Gasteiger partial charge in [-0.2, -0.15) is 13.2 Å². The fourth-order valence-electron chi connectivity index (χ4n) is 4.42. The number of aromatic nitrogens is 2. The molecule has 232 valence electrons. The van der Waals surface area contributed by atoms with Crippen LogP contribution in [-0.4, -0.2) is 37.5 Å². The van der Waals surface area contributed by atoms with Gasteiger partial charge in [-0.3, -0.25) is 0 Å². The first-order valence-electron chi connectivity index (χ1n) is 13.7. The molecule has 0 radical (unpaired) electrons. The minimum atomic E-state index is -4.64. The van der Waals surface area contributed by atoms with Gasteiger partial charge in [0.05, 0.1) is 35.6 Å². The van der Waals surface area contributed by atoms with E-state index >= 15 is 0 Å². The molecule has 2 aromatic heterocycles. The van der Waals surface area contributed by atoms with Crippen molar-refractivity contribution in [2.45, 2.75) is 69.6 Å². The number of rotatable bonds is 9. The second-order valence-corrected chi connectivity index (χ2v) is 18.6. The normalized spacial score (nSPS) is 13.7. The van der Waals surface area contributed by atoms with Gasteiger partial charge in [-0.05, 0) is 67.5 Å². The molecule has 2 heterocycles. The third-order valence-corrected chi connectivity index (χ3v) is 14.2. The quantitative estimate of drug-likeness (QED) is 0.193. The number of nitrogens with zero attached hydrogens (tertiary/aromatic N) is 2. The molecular weight excluding hydrogens is 597 g/mol. The van der Waals surface area contributed by atoms with Crippen LogP contribution in [0, 0.1) is 6.92 Å². The van der Waals surface area contributed by atoms with E-state index in [1.165, 1.54) is 25.4 Å². The van der Waals surface area contributed by atoms with Crippen molar-refractivity contribution < 1.29 is 35.9 Å². The third kappa shape index (κ3) is 6.47. The lowest BCUT2D eigenvalue weighted by Gasteiger charge is -2.36. The molecule has 0 aliphatic rings. The van der Waals surface area contributed by atoms with Gasteiger partial charge >= 0.3 is 6.18 Å². The molecule has 4 rings (SSSR count). The molecule has 43 heavy (non-hydrogen) atoms. The van der Waals surface area contributed by atoms with Gasteiger partial charge in [0.25, 0.3) is 10.0 Å². The van der Waals surface area contributed by atoms with Crippen molar-refractivity contribution in [2.24, 2.45) is 0 Å². The summed E-state index contributed by atoms with van der Waals surface area (Å²) in [5.41, 5.74) is 0.844. The number of alkyl halides is 3. The van der Waals surface area contributed by atoms with Gasteiger partial charge in [0, 0.05) is 23.7 Å². The van der Waals surface area contributed by atoms with Gasteiger partial charge in [0.15, 0.2) is 8.32 Å². The largest absolute Gasteiger partial charge is 0.496 e. The van der Waals surface area contributed by atoms with Gasteiger partial charge < -0.3 is 18.8 Å². The Labute approximate surface area is 251 Å². The molecule has 0 saturated carbocycles. The van der Waals surface area contributed by atoms with Gasteiger partial charge in [0.1, 0.15) is 11.9 Å². The Hall–Kier alpha value is -3.32. The second kappa shape index (κ2) is 11.6. The summed E-state index contributed by atoms with van der Waals surface area (Å²) in [5, 5.41) is 11.7. The standard InChI is InChI=1S/C31H37F3N2O5SSi/c1-21-10-13-24(14-11-21)42(38,39)36-18-16-26(35-17-8-9-23(35)20-41-43(6,7)30(2,3)4)28(36)29(37)25-15-12-22(31(32,33)34)19-27(25)40-5/h8-19,29,37H,20H2,1-7H3. The van der Waals surface area contributed by atoms with E-state index in [-0.39, 0.29) is 33.5 Å². The lowest BCUT2D eigenvalue weighted by atomic mass is 10.0. The van der Waals surface area contributed by atoms with Crippen LogP contribution in [0.5, 0.6) is 5.75 Å². The molecule has 1 atom stereocenters. The number of aryl methyl sites for hydroxylation is 1. The van der Waals surface area contributed by atoms with Crippen molar-refractivity contribution in [3.05, 3.63) is 101 Å². The smallest absolute Gasteiger partial charge is 0.416 e. The van der Waals surface area contributed by atoms with Crippen LogP contribution in [0.15, 0.2) is 78.0 Å². The van der Waals surface area contributed by atoms with Crippen molar-refractivity contribution in [2.75, 3.05) is 7.11 Å². The highest BCUT2D eigenvalue weighted by Crippen LogP contribution is 2.40. The first-order valence-corrected chi connectivity index (χ1v) is 18.0. The molecule has 0 aliphatic carbocycles. The third-order valence-electron chi connectivity index (χ3n) is 8.04.